The van der Waals surface area contributed by atoms with E-state index >= 15 is 0 Å². The van der Waals surface area contributed by atoms with Gasteiger partial charge in [0.1, 0.15) is 5.75 Å². The molecule has 2 heterocycles. The van der Waals surface area contributed by atoms with Crippen molar-refractivity contribution in [3.63, 3.8) is 0 Å². The molecule has 8 nitrogen and oxygen atoms in total. The first-order valence-electron chi connectivity index (χ1n) is 11.3. The molecule has 1 amide bonds. The van der Waals surface area contributed by atoms with Crippen LogP contribution >= 0.6 is 0 Å². The van der Waals surface area contributed by atoms with Gasteiger partial charge in [0, 0.05) is 38.3 Å². The summed E-state index contributed by atoms with van der Waals surface area (Å²) in [6, 6.07) is 16.3. The van der Waals surface area contributed by atoms with E-state index in [-0.39, 0.29) is 23.9 Å². The molecule has 2 aromatic carbocycles. The van der Waals surface area contributed by atoms with Crippen molar-refractivity contribution in [1.82, 2.24) is 19.0 Å². The smallest absolute Gasteiger partial charge is 0.243 e. The summed E-state index contributed by atoms with van der Waals surface area (Å²) in [5.74, 6) is 0.641. The Morgan fingerprint density at radius 2 is 1.62 bits per heavy atom. The van der Waals surface area contributed by atoms with Gasteiger partial charge in [-0.3, -0.25) is 4.79 Å². The van der Waals surface area contributed by atoms with Crippen molar-refractivity contribution in [2.24, 2.45) is 0 Å². The molecule has 0 radical (unpaired) electrons. The normalized spacial score (nSPS) is 14.9. The minimum absolute atomic E-state index is 0.0350. The second-order valence-corrected chi connectivity index (χ2v) is 10.3. The third-order valence-electron chi connectivity index (χ3n) is 6.32. The predicted molar refractivity (Wildman–Crippen MR) is 130 cm³/mol. The van der Waals surface area contributed by atoms with Crippen LogP contribution in [0.1, 0.15) is 23.4 Å². The van der Waals surface area contributed by atoms with Gasteiger partial charge in [0.15, 0.2) is 0 Å². The van der Waals surface area contributed by atoms with Gasteiger partial charge in [-0.05, 0) is 62.2 Å². The number of carbonyl (C=O) groups excluding carboxylic acids is 1. The number of hydrogen-bond acceptors (Lipinski definition) is 5. The molecule has 3 aromatic rings. The summed E-state index contributed by atoms with van der Waals surface area (Å²) in [6.45, 7) is 5.32. The molecular weight excluding hydrogens is 452 g/mol. The van der Waals surface area contributed by atoms with Crippen LogP contribution < -0.4 is 4.74 Å². The number of carbonyl (C=O) groups is 1. The Morgan fingerprint density at radius 3 is 2.24 bits per heavy atom. The summed E-state index contributed by atoms with van der Waals surface area (Å²) in [5.41, 5.74) is 4.03. The Bertz CT molecular complexity index is 1250. The molecular formula is C25H30N4O4S. The Hall–Kier alpha value is -3.17. The first-order chi connectivity index (χ1) is 16.3. The van der Waals surface area contributed by atoms with Crippen LogP contribution in [0.5, 0.6) is 5.75 Å². The van der Waals surface area contributed by atoms with E-state index in [9.17, 15) is 13.2 Å². The summed E-state index contributed by atoms with van der Waals surface area (Å²) in [7, 11) is -2.06. The van der Waals surface area contributed by atoms with Gasteiger partial charge in [0.2, 0.25) is 15.9 Å². The molecule has 9 heteroatoms. The molecule has 1 saturated heterocycles. The Kier molecular flexibility index (Phi) is 7.04. The number of methoxy groups -OCH3 is 1. The van der Waals surface area contributed by atoms with Gasteiger partial charge < -0.3 is 9.64 Å². The van der Waals surface area contributed by atoms with E-state index in [1.54, 1.807) is 29.2 Å². The third kappa shape index (κ3) is 4.85. The maximum absolute atomic E-state index is 12.9. The van der Waals surface area contributed by atoms with Crippen LogP contribution in [0.2, 0.25) is 0 Å². The summed E-state index contributed by atoms with van der Waals surface area (Å²) in [5, 5.41) is 4.66. The zero-order valence-corrected chi connectivity index (χ0v) is 20.6. The summed E-state index contributed by atoms with van der Waals surface area (Å²) >= 11 is 0. The van der Waals surface area contributed by atoms with Gasteiger partial charge in [-0.25, -0.2) is 13.1 Å². The standard InChI is InChI=1S/C25H30N4O4S/c1-19-24(20(2)29(26-19)21-7-5-4-6-8-21)13-14-25(30)27-15-17-28(18-16-27)34(31,32)23-11-9-22(33-3)10-12-23/h4-12H,13-18H2,1-3H3. The molecule has 0 bridgehead atoms. The van der Waals surface area contributed by atoms with Gasteiger partial charge in [0.05, 0.1) is 23.4 Å². The van der Waals surface area contributed by atoms with E-state index in [4.69, 9.17) is 4.74 Å². The minimum Gasteiger partial charge on any atom is -0.497 e. The van der Waals surface area contributed by atoms with Crippen LogP contribution in [-0.2, 0) is 21.2 Å². The van der Waals surface area contributed by atoms with Crippen LogP contribution in [0.25, 0.3) is 5.69 Å². The highest BCUT2D eigenvalue weighted by molar-refractivity contribution is 7.89. The first-order valence-corrected chi connectivity index (χ1v) is 12.8. The molecule has 180 valence electrons. The number of amides is 1. The van der Waals surface area contributed by atoms with Gasteiger partial charge in [-0.15, -0.1) is 0 Å². The average molecular weight is 483 g/mol. The number of ether oxygens (including phenoxy) is 1. The van der Waals surface area contributed by atoms with Crippen molar-refractivity contribution >= 4 is 15.9 Å². The number of aryl methyl sites for hydroxylation is 1. The maximum atomic E-state index is 12.9. The van der Waals surface area contributed by atoms with E-state index in [0.29, 0.717) is 31.7 Å². The number of para-hydroxylation sites is 1. The highest BCUT2D eigenvalue weighted by atomic mass is 32.2. The van der Waals surface area contributed by atoms with Crippen LogP contribution in [-0.4, -0.2) is 66.6 Å². The molecule has 34 heavy (non-hydrogen) atoms. The van der Waals surface area contributed by atoms with Crippen molar-refractivity contribution in [3.05, 3.63) is 71.5 Å². The van der Waals surface area contributed by atoms with Gasteiger partial charge >= 0.3 is 0 Å². The number of sulfonamides is 1. The Labute approximate surface area is 200 Å². The number of benzene rings is 2. The fraction of sp³-hybridized carbons (Fsp3) is 0.360. The molecule has 0 N–H and O–H groups in total. The quantitative estimate of drug-likeness (QED) is 0.517. The number of piperazine rings is 1. The summed E-state index contributed by atoms with van der Waals surface area (Å²) in [4.78, 5) is 14.9. The SMILES string of the molecule is COc1ccc(S(=O)(=O)N2CCN(C(=O)CCc3c(C)nn(-c4ccccc4)c3C)CC2)cc1. The minimum atomic E-state index is -3.60. The predicted octanol–water partition coefficient (Wildman–Crippen LogP) is 2.96. The Balaban J connectivity index is 1.35. The van der Waals surface area contributed by atoms with Crippen LogP contribution in [0, 0.1) is 13.8 Å². The van der Waals surface area contributed by atoms with Gasteiger partial charge in [0.25, 0.3) is 0 Å². The molecule has 0 atom stereocenters. The second-order valence-electron chi connectivity index (χ2n) is 8.36. The van der Waals surface area contributed by atoms with E-state index in [1.807, 2.05) is 48.9 Å². The van der Waals surface area contributed by atoms with Crippen LogP contribution in [0.4, 0.5) is 0 Å². The molecule has 1 aliphatic rings. The molecule has 0 aliphatic carbocycles. The monoisotopic (exact) mass is 482 g/mol. The number of rotatable bonds is 7. The van der Waals surface area contributed by atoms with Gasteiger partial charge in [-0.2, -0.15) is 9.40 Å². The lowest BCUT2D eigenvalue weighted by molar-refractivity contribution is -0.132. The average Bonchev–Trinajstić information content (AvgIpc) is 3.16. The van der Waals surface area contributed by atoms with Crippen molar-refractivity contribution in [2.45, 2.75) is 31.6 Å². The number of nitrogens with zero attached hydrogens (tertiary/aromatic N) is 4. The lowest BCUT2D eigenvalue weighted by Gasteiger charge is -2.34. The maximum Gasteiger partial charge on any atom is 0.243 e. The van der Waals surface area contributed by atoms with E-state index in [0.717, 1.165) is 22.6 Å². The molecule has 0 spiro atoms. The van der Waals surface area contributed by atoms with Crippen molar-refractivity contribution < 1.29 is 17.9 Å². The number of hydrogen-bond donors (Lipinski definition) is 0. The second kappa shape index (κ2) is 9.99. The Morgan fingerprint density at radius 1 is 0.971 bits per heavy atom. The molecule has 4 rings (SSSR count). The van der Waals surface area contributed by atoms with Crippen LogP contribution in [0.15, 0.2) is 59.5 Å². The molecule has 0 saturated carbocycles. The van der Waals surface area contributed by atoms with Crippen molar-refractivity contribution in [3.8, 4) is 11.4 Å². The van der Waals surface area contributed by atoms with Crippen molar-refractivity contribution in [1.29, 1.82) is 0 Å². The fourth-order valence-electron chi connectivity index (χ4n) is 4.32. The third-order valence-corrected chi connectivity index (χ3v) is 8.23. The highest BCUT2D eigenvalue weighted by Gasteiger charge is 2.30. The van der Waals surface area contributed by atoms with E-state index < -0.39 is 10.0 Å². The van der Waals surface area contributed by atoms with Gasteiger partial charge in [-0.1, -0.05) is 18.2 Å². The van der Waals surface area contributed by atoms with Crippen molar-refractivity contribution in [2.75, 3.05) is 33.3 Å². The zero-order valence-electron chi connectivity index (χ0n) is 19.8. The molecule has 1 aliphatic heterocycles. The summed E-state index contributed by atoms with van der Waals surface area (Å²) in [6.07, 6.45) is 0.973. The lowest BCUT2D eigenvalue weighted by atomic mass is 10.1. The first kappa shape index (κ1) is 24.0. The van der Waals surface area contributed by atoms with E-state index in [2.05, 4.69) is 5.10 Å². The number of aromatic nitrogens is 2. The molecule has 0 unspecified atom stereocenters. The largest absolute Gasteiger partial charge is 0.497 e. The zero-order chi connectivity index (χ0) is 24.3. The lowest BCUT2D eigenvalue weighted by Crippen LogP contribution is -2.50. The fourth-order valence-corrected chi connectivity index (χ4v) is 5.74. The summed E-state index contributed by atoms with van der Waals surface area (Å²) < 4.78 is 34.3. The van der Waals surface area contributed by atoms with Crippen LogP contribution in [0.3, 0.4) is 0 Å². The molecule has 1 aromatic heterocycles. The molecule has 1 fully saturated rings. The van der Waals surface area contributed by atoms with E-state index in [1.165, 1.54) is 11.4 Å². The topological polar surface area (TPSA) is 84.7 Å². The highest BCUT2D eigenvalue weighted by Crippen LogP contribution is 2.22.